The summed E-state index contributed by atoms with van der Waals surface area (Å²) in [6.07, 6.45) is 2.52. The maximum Gasteiger partial charge on any atom is 0.255 e. The fraction of sp³-hybridized carbons (Fsp3) is 0.467. The molecule has 0 unspecified atom stereocenters. The molecule has 2 heterocycles. The molecule has 2 aliphatic rings. The molecule has 2 fully saturated rings. The van der Waals surface area contributed by atoms with Gasteiger partial charge in [-0.05, 0) is 62.7 Å². The molecule has 1 amide bonds. The van der Waals surface area contributed by atoms with Gasteiger partial charge in [0.25, 0.3) is 5.91 Å². The number of hydrogen-bond acceptors (Lipinski definition) is 3. The average molecular weight is 289 g/mol. The van der Waals surface area contributed by atoms with E-state index in [-0.39, 0.29) is 11.9 Å². The van der Waals surface area contributed by atoms with Gasteiger partial charge in [-0.1, -0.05) is 0 Å². The van der Waals surface area contributed by atoms with Crippen molar-refractivity contribution in [3.05, 3.63) is 23.8 Å². The van der Waals surface area contributed by atoms with Crippen LogP contribution in [0.2, 0.25) is 0 Å². The first-order valence-corrected chi connectivity index (χ1v) is 7.49. The summed E-state index contributed by atoms with van der Waals surface area (Å²) in [5.74, 6) is 0.0170. The van der Waals surface area contributed by atoms with Crippen molar-refractivity contribution in [1.82, 2.24) is 5.32 Å². The van der Waals surface area contributed by atoms with Gasteiger partial charge in [0.2, 0.25) is 0 Å². The Morgan fingerprint density at radius 1 is 1.30 bits per heavy atom. The minimum Gasteiger partial charge on any atom is -0.371 e. The number of anilines is 2. The monoisotopic (exact) mass is 289 g/mol. The molecule has 5 heteroatoms. The number of carbonyl (C=O) groups is 1. The highest BCUT2D eigenvalue weighted by Gasteiger charge is 2.33. The molecule has 0 bridgehead atoms. The van der Waals surface area contributed by atoms with Crippen molar-refractivity contribution in [1.29, 1.82) is 0 Å². The van der Waals surface area contributed by atoms with Crippen LogP contribution in [0.4, 0.5) is 11.4 Å². The standard InChI is InChI=1S/C15H19N3OS/c1-10-9-12(18-14(19)11(2)16-15(18)20)5-6-13(10)17-7-3-4-8-17/h5-6,9,11H,3-4,7-8H2,1-2H3,(H,16,20)/t11-/m0/s1. The maximum absolute atomic E-state index is 12.1. The minimum absolute atomic E-state index is 0.0170. The predicted octanol–water partition coefficient (Wildman–Crippen LogP) is 2.20. The molecule has 2 aliphatic heterocycles. The topological polar surface area (TPSA) is 35.6 Å². The molecule has 0 saturated carbocycles. The van der Waals surface area contributed by atoms with Crippen LogP contribution >= 0.6 is 12.2 Å². The van der Waals surface area contributed by atoms with Crippen molar-refractivity contribution in [3.63, 3.8) is 0 Å². The van der Waals surface area contributed by atoms with Crippen molar-refractivity contribution in [2.75, 3.05) is 22.9 Å². The minimum atomic E-state index is -0.235. The highest BCUT2D eigenvalue weighted by atomic mass is 32.1. The van der Waals surface area contributed by atoms with Crippen LogP contribution in [0, 0.1) is 6.92 Å². The van der Waals surface area contributed by atoms with E-state index in [0.29, 0.717) is 5.11 Å². The van der Waals surface area contributed by atoms with Crippen LogP contribution in [0.25, 0.3) is 0 Å². The molecule has 1 aromatic rings. The summed E-state index contributed by atoms with van der Waals surface area (Å²) >= 11 is 5.24. The number of nitrogens with one attached hydrogen (secondary N) is 1. The number of amides is 1. The van der Waals surface area contributed by atoms with Crippen LogP contribution in [0.15, 0.2) is 18.2 Å². The largest absolute Gasteiger partial charge is 0.371 e. The van der Waals surface area contributed by atoms with E-state index < -0.39 is 0 Å². The summed E-state index contributed by atoms with van der Waals surface area (Å²) in [5.41, 5.74) is 3.32. The third-order valence-corrected chi connectivity index (χ3v) is 4.32. The number of benzene rings is 1. The number of aryl methyl sites for hydroxylation is 1. The Hall–Kier alpha value is -1.62. The summed E-state index contributed by atoms with van der Waals surface area (Å²) < 4.78 is 0. The molecule has 106 valence electrons. The molecule has 3 rings (SSSR count). The lowest BCUT2D eigenvalue weighted by molar-refractivity contribution is -0.117. The zero-order valence-electron chi connectivity index (χ0n) is 11.8. The Morgan fingerprint density at radius 2 is 2.00 bits per heavy atom. The molecule has 4 nitrogen and oxygen atoms in total. The second kappa shape index (κ2) is 5.05. The third kappa shape index (κ3) is 2.16. The van der Waals surface area contributed by atoms with E-state index in [1.54, 1.807) is 4.90 Å². The Balaban J connectivity index is 1.90. The Labute approximate surface area is 124 Å². The van der Waals surface area contributed by atoms with Crippen molar-refractivity contribution in [2.24, 2.45) is 0 Å². The van der Waals surface area contributed by atoms with Gasteiger partial charge in [-0.15, -0.1) is 0 Å². The Kier molecular flexibility index (Phi) is 3.38. The first-order chi connectivity index (χ1) is 9.58. The lowest BCUT2D eigenvalue weighted by Gasteiger charge is -2.22. The third-order valence-electron chi connectivity index (χ3n) is 4.02. The lowest BCUT2D eigenvalue weighted by atomic mass is 10.1. The van der Waals surface area contributed by atoms with E-state index in [1.807, 2.05) is 13.0 Å². The molecule has 1 N–H and O–H groups in total. The summed E-state index contributed by atoms with van der Waals surface area (Å²) in [6, 6.07) is 5.91. The normalized spacial score (nSPS) is 22.6. The first-order valence-electron chi connectivity index (χ1n) is 7.08. The summed E-state index contributed by atoms with van der Waals surface area (Å²) in [6.45, 7) is 6.18. The van der Waals surface area contributed by atoms with E-state index in [2.05, 4.69) is 29.3 Å². The van der Waals surface area contributed by atoms with Gasteiger partial charge in [0.15, 0.2) is 5.11 Å². The number of hydrogen-bond donors (Lipinski definition) is 1. The fourth-order valence-electron chi connectivity index (χ4n) is 2.94. The summed E-state index contributed by atoms with van der Waals surface area (Å²) in [5, 5.41) is 3.50. The zero-order valence-corrected chi connectivity index (χ0v) is 12.7. The molecule has 0 radical (unpaired) electrons. The molecular weight excluding hydrogens is 270 g/mol. The second-order valence-electron chi connectivity index (χ2n) is 5.51. The van der Waals surface area contributed by atoms with E-state index in [4.69, 9.17) is 12.2 Å². The number of nitrogens with zero attached hydrogens (tertiary/aromatic N) is 2. The summed E-state index contributed by atoms with van der Waals surface area (Å²) in [7, 11) is 0. The zero-order chi connectivity index (χ0) is 14.3. The van der Waals surface area contributed by atoms with Gasteiger partial charge < -0.3 is 10.2 Å². The summed E-state index contributed by atoms with van der Waals surface area (Å²) in [4.78, 5) is 16.1. The van der Waals surface area contributed by atoms with Gasteiger partial charge in [0.05, 0.1) is 5.69 Å². The smallest absolute Gasteiger partial charge is 0.255 e. The van der Waals surface area contributed by atoms with Crippen LogP contribution in [0.1, 0.15) is 25.3 Å². The van der Waals surface area contributed by atoms with Gasteiger partial charge >= 0.3 is 0 Å². The lowest BCUT2D eigenvalue weighted by Crippen LogP contribution is -2.31. The van der Waals surface area contributed by atoms with Gasteiger partial charge in [0.1, 0.15) is 6.04 Å². The van der Waals surface area contributed by atoms with Gasteiger partial charge in [0, 0.05) is 18.8 Å². The molecule has 0 aliphatic carbocycles. The Bertz CT molecular complexity index is 566. The van der Waals surface area contributed by atoms with Crippen molar-refractivity contribution in [2.45, 2.75) is 32.7 Å². The van der Waals surface area contributed by atoms with Gasteiger partial charge in [-0.2, -0.15) is 0 Å². The van der Waals surface area contributed by atoms with Crippen molar-refractivity contribution < 1.29 is 4.79 Å². The van der Waals surface area contributed by atoms with Crippen LogP contribution < -0.4 is 15.1 Å². The van der Waals surface area contributed by atoms with Crippen LogP contribution in [0.3, 0.4) is 0 Å². The van der Waals surface area contributed by atoms with Gasteiger partial charge in [-0.25, -0.2) is 0 Å². The quantitative estimate of drug-likeness (QED) is 0.847. The van der Waals surface area contributed by atoms with Crippen LogP contribution in [-0.2, 0) is 4.79 Å². The van der Waals surface area contributed by atoms with E-state index >= 15 is 0 Å². The average Bonchev–Trinajstić information content (AvgIpc) is 2.99. The van der Waals surface area contributed by atoms with E-state index in [9.17, 15) is 4.79 Å². The maximum atomic E-state index is 12.1. The van der Waals surface area contributed by atoms with Crippen LogP contribution in [0.5, 0.6) is 0 Å². The molecule has 1 aromatic carbocycles. The van der Waals surface area contributed by atoms with Crippen molar-refractivity contribution >= 4 is 34.6 Å². The van der Waals surface area contributed by atoms with Crippen LogP contribution in [-0.4, -0.2) is 30.2 Å². The highest BCUT2D eigenvalue weighted by Crippen LogP contribution is 2.29. The molecule has 20 heavy (non-hydrogen) atoms. The molecule has 0 spiro atoms. The Morgan fingerprint density at radius 3 is 2.55 bits per heavy atom. The number of thiocarbonyl (C=S) groups is 1. The highest BCUT2D eigenvalue weighted by molar-refractivity contribution is 7.80. The fourth-order valence-corrected chi connectivity index (χ4v) is 3.31. The number of carbonyl (C=O) groups excluding carboxylic acids is 1. The first kappa shape index (κ1) is 13.4. The van der Waals surface area contributed by atoms with Crippen molar-refractivity contribution in [3.8, 4) is 0 Å². The molecular formula is C15H19N3OS. The van der Waals surface area contributed by atoms with E-state index in [0.717, 1.165) is 18.8 Å². The predicted molar refractivity (Wildman–Crippen MR) is 85.3 cm³/mol. The number of rotatable bonds is 2. The second-order valence-corrected chi connectivity index (χ2v) is 5.90. The van der Waals surface area contributed by atoms with Gasteiger partial charge in [-0.3, -0.25) is 9.69 Å². The van der Waals surface area contributed by atoms with E-state index in [1.165, 1.54) is 24.1 Å². The molecule has 2 saturated heterocycles. The SMILES string of the molecule is Cc1cc(N2C(=O)[C@H](C)NC2=S)ccc1N1CCCC1. The molecule has 0 aromatic heterocycles. The molecule has 1 atom stereocenters.